The fourth-order valence-corrected chi connectivity index (χ4v) is 2.37. The van der Waals surface area contributed by atoms with Crippen LogP contribution in [0, 0.1) is 6.92 Å². The number of hydrogen-bond donors (Lipinski definition) is 1. The molecule has 4 nitrogen and oxygen atoms in total. The van der Waals surface area contributed by atoms with Crippen LogP contribution in [-0.2, 0) is 0 Å². The summed E-state index contributed by atoms with van der Waals surface area (Å²) in [4.78, 5) is 14.5. The van der Waals surface area contributed by atoms with E-state index in [0.717, 1.165) is 36.8 Å². The van der Waals surface area contributed by atoms with Crippen molar-refractivity contribution in [3.05, 3.63) is 42.1 Å². The average Bonchev–Trinajstić information content (AvgIpc) is 2.98. The summed E-state index contributed by atoms with van der Waals surface area (Å²) in [6.45, 7) is 4.10. The molecule has 1 N–H and O–H groups in total. The topological polar surface area (TPSA) is 44.8 Å². The molecule has 1 aliphatic heterocycles. The predicted molar refractivity (Wildman–Crippen MR) is 67.1 cm³/mol. The van der Waals surface area contributed by atoms with E-state index in [4.69, 9.17) is 0 Å². The molecule has 3 rings (SSSR count). The van der Waals surface area contributed by atoms with E-state index in [-0.39, 0.29) is 0 Å². The molecule has 0 bridgehead atoms. The van der Waals surface area contributed by atoms with Crippen molar-refractivity contribution in [1.29, 1.82) is 0 Å². The summed E-state index contributed by atoms with van der Waals surface area (Å²) in [5.74, 6) is 2.69. The summed E-state index contributed by atoms with van der Waals surface area (Å²) in [6.07, 6.45) is 4.89. The second-order valence-corrected chi connectivity index (χ2v) is 4.57. The molecule has 2 aromatic rings. The van der Waals surface area contributed by atoms with E-state index >= 15 is 0 Å². The maximum Gasteiger partial charge on any atom is 0.128 e. The molecule has 4 heteroatoms. The van der Waals surface area contributed by atoms with Gasteiger partial charge < -0.3 is 9.88 Å². The molecule has 0 unspecified atom stereocenters. The minimum atomic E-state index is 0.505. The standard InChI is InChI=1S/C13H16N4/c1-10-8-15-13(16-10)11-5-7-17(9-11)12-4-2-3-6-14-12/h2-4,6,8,11H,5,7,9H2,1H3,(H,15,16)/t11-/m1/s1. The van der Waals surface area contributed by atoms with Crippen LogP contribution in [0.1, 0.15) is 23.9 Å². The van der Waals surface area contributed by atoms with Crippen LogP contribution in [-0.4, -0.2) is 28.0 Å². The van der Waals surface area contributed by atoms with Gasteiger partial charge in [-0.3, -0.25) is 0 Å². The lowest BCUT2D eigenvalue weighted by Crippen LogP contribution is -2.20. The fourth-order valence-electron chi connectivity index (χ4n) is 2.37. The van der Waals surface area contributed by atoms with Crippen molar-refractivity contribution in [1.82, 2.24) is 15.0 Å². The lowest BCUT2D eigenvalue weighted by Gasteiger charge is -2.16. The molecule has 1 fully saturated rings. The number of aromatic nitrogens is 3. The number of pyridine rings is 1. The average molecular weight is 228 g/mol. The molecule has 0 aliphatic carbocycles. The number of hydrogen-bond acceptors (Lipinski definition) is 3. The lowest BCUT2D eigenvalue weighted by atomic mass is 10.1. The van der Waals surface area contributed by atoms with Crippen LogP contribution >= 0.6 is 0 Å². The van der Waals surface area contributed by atoms with Crippen LogP contribution in [0.25, 0.3) is 0 Å². The molecule has 17 heavy (non-hydrogen) atoms. The zero-order chi connectivity index (χ0) is 11.7. The highest BCUT2D eigenvalue weighted by molar-refractivity contribution is 5.40. The Morgan fingerprint density at radius 1 is 1.35 bits per heavy atom. The maximum absolute atomic E-state index is 4.42. The van der Waals surface area contributed by atoms with E-state index in [1.807, 2.05) is 31.5 Å². The van der Waals surface area contributed by atoms with Crippen molar-refractivity contribution in [2.24, 2.45) is 0 Å². The minimum absolute atomic E-state index is 0.505. The highest BCUT2D eigenvalue weighted by Gasteiger charge is 2.26. The number of anilines is 1. The van der Waals surface area contributed by atoms with Gasteiger partial charge in [0.25, 0.3) is 0 Å². The first-order valence-electron chi connectivity index (χ1n) is 6.00. The summed E-state index contributed by atoms with van der Waals surface area (Å²) in [5, 5.41) is 0. The zero-order valence-corrected chi connectivity index (χ0v) is 9.93. The van der Waals surface area contributed by atoms with E-state index in [1.165, 1.54) is 0 Å². The van der Waals surface area contributed by atoms with Crippen LogP contribution in [0.5, 0.6) is 0 Å². The molecule has 0 saturated carbocycles. The van der Waals surface area contributed by atoms with Gasteiger partial charge in [-0.15, -0.1) is 0 Å². The van der Waals surface area contributed by atoms with Crippen molar-refractivity contribution in [3.63, 3.8) is 0 Å². The smallest absolute Gasteiger partial charge is 0.128 e. The van der Waals surface area contributed by atoms with Crippen LogP contribution in [0.3, 0.4) is 0 Å². The second-order valence-electron chi connectivity index (χ2n) is 4.57. The lowest BCUT2D eigenvalue weighted by molar-refractivity contribution is 0.720. The minimum Gasteiger partial charge on any atom is -0.356 e. The van der Waals surface area contributed by atoms with E-state index in [2.05, 4.69) is 25.9 Å². The second kappa shape index (κ2) is 4.20. The Hall–Kier alpha value is -1.84. The highest BCUT2D eigenvalue weighted by Crippen LogP contribution is 2.27. The van der Waals surface area contributed by atoms with Gasteiger partial charge in [-0.2, -0.15) is 0 Å². The summed E-state index contributed by atoms with van der Waals surface area (Å²) >= 11 is 0. The number of nitrogens with zero attached hydrogens (tertiary/aromatic N) is 3. The maximum atomic E-state index is 4.42. The van der Waals surface area contributed by atoms with E-state index in [0.29, 0.717) is 5.92 Å². The molecule has 88 valence electrons. The van der Waals surface area contributed by atoms with Gasteiger partial charge in [0.15, 0.2) is 0 Å². The first-order valence-corrected chi connectivity index (χ1v) is 6.00. The predicted octanol–water partition coefficient (Wildman–Crippen LogP) is 2.11. The number of nitrogens with one attached hydrogen (secondary N) is 1. The van der Waals surface area contributed by atoms with E-state index in [9.17, 15) is 0 Å². The largest absolute Gasteiger partial charge is 0.356 e. The third-order valence-corrected chi connectivity index (χ3v) is 3.27. The Morgan fingerprint density at radius 3 is 3.00 bits per heavy atom. The molecule has 0 radical (unpaired) electrons. The monoisotopic (exact) mass is 228 g/mol. The highest BCUT2D eigenvalue weighted by atomic mass is 15.2. The molecule has 0 aromatic carbocycles. The van der Waals surface area contributed by atoms with Crippen molar-refractivity contribution >= 4 is 5.82 Å². The Balaban J connectivity index is 1.74. The van der Waals surface area contributed by atoms with Gasteiger partial charge in [0.2, 0.25) is 0 Å². The quantitative estimate of drug-likeness (QED) is 0.856. The Morgan fingerprint density at radius 2 is 2.29 bits per heavy atom. The summed E-state index contributed by atoms with van der Waals surface area (Å²) in [6, 6.07) is 6.05. The number of rotatable bonds is 2. The van der Waals surface area contributed by atoms with E-state index < -0.39 is 0 Å². The molecule has 0 amide bonds. The normalized spacial score (nSPS) is 19.8. The number of H-pyrrole nitrogens is 1. The van der Waals surface area contributed by atoms with Crippen molar-refractivity contribution in [2.45, 2.75) is 19.3 Å². The Kier molecular flexibility index (Phi) is 2.55. The van der Waals surface area contributed by atoms with E-state index in [1.54, 1.807) is 0 Å². The third-order valence-electron chi connectivity index (χ3n) is 3.27. The molecule has 2 aromatic heterocycles. The SMILES string of the molecule is Cc1cnc([C@@H]2CCN(c3ccccn3)C2)[nH]1. The molecule has 1 aliphatic rings. The first kappa shape index (κ1) is 10.3. The number of aromatic amines is 1. The van der Waals surface area contributed by atoms with Gasteiger partial charge in [-0.1, -0.05) is 6.07 Å². The van der Waals surface area contributed by atoms with Crippen LogP contribution in [0.2, 0.25) is 0 Å². The van der Waals surface area contributed by atoms with Gasteiger partial charge in [-0.25, -0.2) is 9.97 Å². The molecule has 1 atom stereocenters. The van der Waals surface area contributed by atoms with Gasteiger partial charge in [-0.05, 0) is 25.5 Å². The number of imidazole rings is 1. The summed E-state index contributed by atoms with van der Waals surface area (Å²) < 4.78 is 0. The van der Waals surface area contributed by atoms with Crippen LogP contribution in [0.15, 0.2) is 30.6 Å². The zero-order valence-electron chi connectivity index (χ0n) is 9.93. The first-order chi connectivity index (χ1) is 8.33. The summed E-state index contributed by atoms with van der Waals surface area (Å²) in [7, 11) is 0. The molecule has 3 heterocycles. The van der Waals surface area contributed by atoms with Gasteiger partial charge in [0, 0.05) is 37.1 Å². The van der Waals surface area contributed by atoms with Crippen LogP contribution in [0.4, 0.5) is 5.82 Å². The molecule has 0 spiro atoms. The fraction of sp³-hybridized carbons (Fsp3) is 0.385. The van der Waals surface area contributed by atoms with Gasteiger partial charge in [0.1, 0.15) is 11.6 Å². The van der Waals surface area contributed by atoms with Gasteiger partial charge in [0.05, 0.1) is 0 Å². The Bertz CT molecular complexity index is 491. The van der Waals surface area contributed by atoms with Crippen molar-refractivity contribution in [2.75, 3.05) is 18.0 Å². The number of aryl methyl sites for hydroxylation is 1. The van der Waals surface area contributed by atoms with Crippen molar-refractivity contribution in [3.8, 4) is 0 Å². The molecule has 1 saturated heterocycles. The van der Waals surface area contributed by atoms with Gasteiger partial charge >= 0.3 is 0 Å². The molecular formula is C13H16N4. The van der Waals surface area contributed by atoms with Crippen molar-refractivity contribution < 1.29 is 0 Å². The summed E-state index contributed by atoms with van der Waals surface area (Å²) in [5.41, 5.74) is 1.14. The molecular weight excluding hydrogens is 212 g/mol. The Labute approximate surface area is 101 Å². The third kappa shape index (κ3) is 2.02. The van der Waals surface area contributed by atoms with Crippen LogP contribution < -0.4 is 4.90 Å².